The highest BCUT2D eigenvalue weighted by atomic mass is 15.5. The van der Waals surface area contributed by atoms with Crippen molar-refractivity contribution in [3.8, 4) is 0 Å². The smallest absolute Gasteiger partial charge is 0.0543 e. The van der Waals surface area contributed by atoms with Crippen molar-refractivity contribution in [2.45, 2.75) is 40.2 Å². The molecule has 0 heterocycles. The molecule has 0 saturated heterocycles. The first kappa shape index (κ1) is 11.9. The van der Waals surface area contributed by atoms with Crippen LogP contribution < -0.4 is 0 Å². The highest BCUT2D eigenvalue weighted by Gasteiger charge is 2.16. The maximum Gasteiger partial charge on any atom is 0.0543 e. The van der Waals surface area contributed by atoms with Crippen LogP contribution in [0.3, 0.4) is 0 Å². The van der Waals surface area contributed by atoms with Crippen LogP contribution in [0.5, 0.6) is 0 Å². The van der Waals surface area contributed by atoms with Crippen LogP contribution in [0.2, 0.25) is 0 Å². The third-order valence-corrected chi connectivity index (χ3v) is 1.36. The molecule has 0 unspecified atom stereocenters. The van der Waals surface area contributed by atoms with Gasteiger partial charge >= 0.3 is 0 Å². The van der Waals surface area contributed by atoms with Crippen LogP contribution in [-0.4, -0.2) is 16.3 Å². The molecular formula is C11H20N2. The lowest BCUT2D eigenvalue weighted by molar-refractivity contribution is 0.214. The standard InChI is InChI=1S/C11H20N2/c1-7-8-9-13(11(4,5)6)12-10(2)3/h7-9H,1H2,2-6H3/b9-8+. The van der Waals surface area contributed by atoms with E-state index in [4.69, 9.17) is 0 Å². The molecule has 0 aromatic carbocycles. The number of hydrogen-bond acceptors (Lipinski definition) is 2. The van der Waals surface area contributed by atoms with Crippen LogP contribution in [0.1, 0.15) is 34.6 Å². The Morgan fingerprint density at radius 1 is 1.31 bits per heavy atom. The van der Waals surface area contributed by atoms with Crippen molar-refractivity contribution < 1.29 is 0 Å². The Morgan fingerprint density at radius 2 is 1.85 bits per heavy atom. The van der Waals surface area contributed by atoms with Crippen molar-refractivity contribution in [3.05, 3.63) is 24.9 Å². The third-order valence-electron chi connectivity index (χ3n) is 1.36. The summed E-state index contributed by atoms with van der Waals surface area (Å²) in [7, 11) is 0. The predicted octanol–water partition coefficient (Wildman–Crippen LogP) is 3.18. The SMILES string of the molecule is C=C/C=C/N(N=C(C)C)C(C)(C)C. The lowest BCUT2D eigenvalue weighted by Gasteiger charge is -2.30. The molecule has 0 N–H and O–H groups in total. The van der Waals surface area contributed by atoms with Crippen LogP contribution >= 0.6 is 0 Å². The van der Waals surface area contributed by atoms with Crippen LogP contribution in [0.4, 0.5) is 0 Å². The molecule has 0 aliphatic carbocycles. The molecule has 0 aliphatic rings. The van der Waals surface area contributed by atoms with Crippen LogP contribution in [0.25, 0.3) is 0 Å². The maximum atomic E-state index is 4.40. The first-order valence-corrected chi connectivity index (χ1v) is 4.48. The lowest BCUT2D eigenvalue weighted by atomic mass is 10.1. The van der Waals surface area contributed by atoms with Crippen LogP contribution in [0.15, 0.2) is 30.0 Å². The minimum Gasteiger partial charge on any atom is -0.268 e. The zero-order chi connectivity index (χ0) is 10.5. The van der Waals surface area contributed by atoms with Crippen molar-refractivity contribution in [2.75, 3.05) is 0 Å². The van der Waals surface area contributed by atoms with E-state index in [1.807, 2.05) is 31.1 Å². The Balaban J connectivity index is 4.66. The largest absolute Gasteiger partial charge is 0.268 e. The molecule has 74 valence electrons. The summed E-state index contributed by atoms with van der Waals surface area (Å²) >= 11 is 0. The van der Waals surface area contributed by atoms with Gasteiger partial charge in [0.05, 0.1) is 5.54 Å². The number of hydrazone groups is 1. The summed E-state index contributed by atoms with van der Waals surface area (Å²) in [6.45, 7) is 14.0. The van der Waals surface area contributed by atoms with Gasteiger partial charge in [0.1, 0.15) is 0 Å². The van der Waals surface area contributed by atoms with E-state index in [-0.39, 0.29) is 5.54 Å². The van der Waals surface area contributed by atoms with E-state index in [1.165, 1.54) is 0 Å². The Morgan fingerprint density at radius 3 is 2.15 bits per heavy atom. The molecule has 0 radical (unpaired) electrons. The van der Waals surface area contributed by atoms with E-state index < -0.39 is 0 Å². The van der Waals surface area contributed by atoms with Gasteiger partial charge in [-0.05, 0) is 40.7 Å². The zero-order valence-corrected chi connectivity index (χ0v) is 9.33. The van der Waals surface area contributed by atoms with Gasteiger partial charge in [-0.15, -0.1) is 0 Å². The average molecular weight is 180 g/mol. The summed E-state index contributed by atoms with van der Waals surface area (Å²) in [5.74, 6) is 0. The van der Waals surface area contributed by atoms with Gasteiger partial charge in [0.15, 0.2) is 0 Å². The summed E-state index contributed by atoms with van der Waals surface area (Å²) in [6.07, 6.45) is 5.57. The Kier molecular flexibility index (Phi) is 4.46. The second-order valence-corrected chi connectivity index (χ2v) is 4.14. The molecule has 0 aromatic heterocycles. The molecule has 0 aliphatic heterocycles. The predicted molar refractivity (Wildman–Crippen MR) is 59.7 cm³/mol. The molecule has 0 aromatic rings. The highest BCUT2D eigenvalue weighted by Crippen LogP contribution is 2.14. The topological polar surface area (TPSA) is 15.6 Å². The van der Waals surface area contributed by atoms with E-state index in [0.29, 0.717) is 0 Å². The summed E-state index contributed by atoms with van der Waals surface area (Å²) in [5, 5.41) is 6.34. The molecule has 0 fully saturated rings. The monoisotopic (exact) mass is 180 g/mol. The number of rotatable bonds is 3. The van der Waals surface area contributed by atoms with Gasteiger partial charge in [0.2, 0.25) is 0 Å². The van der Waals surface area contributed by atoms with Crippen molar-refractivity contribution in [2.24, 2.45) is 5.10 Å². The fourth-order valence-corrected chi connectivity index (χ4v) is 0.765. The van der Waals surface area contributed by atoms with E-state index in [1.54, 1.807) is 6.08 Å². The minimum atomic E-state index is 0.0107. The molecule has 0 saturated carbocycles. The average Bonchev–Trinajstić information content (AvgIpc) is 1.95. The highest BCUT2D eigenvalue weighted by molar-refractivity contribution is 5.78. The van der Waals surface area contributed by atoms with Crippen LogP contribution in [0, 0.1) is 0 Å². The van der Waals surface area contributed by atoms with Gasteiger partial charge in [-0.1, -0.05) is 12.7 Å². The Hall–Kier alpha value is -1.05. The number of nitrogens with zero attached hydrogens (tertiary/aromatic N) is 2. The normalized spacial score (nSPS) is 11.5. The van der Waals surface area contributed by atoms with Crippen molar-refractivity contribution in [1.29, 1.82) is 0 Å². The molecule has 0 spiro atoms. The summed E-state index contributed by atoms with van der Waals surface area (Å²) < 4.78 is 0. The van der Waals surface area contributed by atoms with Crippen molar-refractivity contribution >= 4 is 5.71 Å². The summed E-state index contributed by atoms with van der Waals surface area (Å²) in [5.41, 5.74) is 1.06. The first-order chi connectivity index (χ1) is 5.88. The van der Waals surface area contributed by atoms with Crippen molar-refractivity contribution in [1.82, 2.24) is 5.01 Å². The summed E-state index contributed by atoms with van der Waals surface area (Å²) in [4.78, 5) is 0. The van der Waals surface area contributed by atoms with E-state index in [2.05, 4.69) is 32.5 Å². The molecule has 0 amide bonds. The summed E-state index contributed by atoms with van der Waals surface area (Å²) in [6, 6.07) is 0. The molecule has 0 bridgehead atoms. The molecule has 2 nitrogen and oxygen atoms in total. The lowest BCUT2D eigenvalue weighted by Crippen LogP contribution is -2.33. The van der Waals surface area contributed by atoms with Crippen molar-refractivity contribution in [3.63, 3.8) is 0 Å². The van der Waals surface area contributed by atoms with E-state index in [9.17, 15) is 0 Å². The van der Waals surface area contributed by atoms with Crippen LogP contribution in [-0.2, 0) is 0 Å². The van der Waals surface area contributed by atoms with Gasteiger partial charge in [-0.2, -0.15) is 5.10 Å². The maximum absolute atomic E-state index is 4.40. The third kappa shape index (κ3) is 5.23. The van der Waals surface area contributed by atoms with Gasteiger partial charge in [0.25, 0.3) is 0 Å². The number of hydrogen-bond donors (Lipinski definition) is 0. The van der Waals surface area contributed by atoms with Gasteiger partial charge in [-0.25, -0.2) is 0 Å². The molecule has 0 atom stereocenters. The van der Waals surface area contributed by atoms with Gasteiger partial charge < -0.3 is 0 Å². The molecule has 2 heteroatoms. The first-order valence-electron chi connectivity index (χ1n) is 4.48. The van der Waals surface area contributed by atoms with Gasteiger partial charge in [-0.3, -0.25) is 5.01 Å². The second-order valence-electron chi connectivity index (χ2n) is 4.14. The second kappa shape index (κ2) is 4.85. The molecule has 13 heavy (non-hydrogen) atoms. The fraction of sp³-hybridized carbons (Fsp3) is 0.545. The minimum absolute atomic E-state index is 0.0107. The zero-order valence-electron chi connectivity index (χ0n) is 9.33. The Bertz CT molecular complexity index is 215. The quantitative estimate of drug-likeness (QED) is 0.370. The molecular weight excluding hydrogens is 160 g/mol. The van der Waals surface area contributed by atoms with E-state index in [0.717, 1.165) is 5.71 Å². The van der Waals surface area contributed by atoms with E-state index >= 15 is 0 Å². The molecule has 0 rings (SSSR count). The Labute approximate surface area is 81.6 Å². The number of allylic oxidation sites excluding steroid dienone is 2. The fourth-order valence-electron chi connectivity index (χ4n) is 0.765. The van der Waals surface area contributed by atoms with Gasteiger partial charge in [0, 0.05) is 11.9 Å².